The summed E-state index contributed by atoms with van der Waals surface area (Å²) in [7, 11) is -3.84. The van der Waals surface area contributed by atoms with Crippen molar-refractivity contribution in [1.82, 2.24) is 13.8 Å². The molecule has 6 rings (SSSR count). The highest BCUT2D eigenvalue weighted by Gasteiger charge is 2.27. The molecule has 3 heterocycles. The lowest BCUT2D eigenvalue weighted by Crippen LogP contribution is -2.17. The monoisotopic (exact) mass is 489 g/mol. The van der Waals surface area contributed by atoms with Crippen molar-refractivity contribution >= 4 is 31.8 Å². The van der Waals surface area contributed by atoms with E-state index in [-0.39, 0.29) is 16.6 Å². The average Bonchev–Trinajstić information content (AvgIpc) is 3.43. The van der Waals surface area contributed by atoms with Crippen LogP contribution in [0.3, 0.4) is 0 Å². The highest BCUT2D eigenvalue weighted by atomic mass is 32.2. The first-order valence-electron chi connectivity index (χ1n) is 11.6. The summed E-state index contributed by atoms with van der Waals surface area (Å²) >= 11 is 0. The maximum atomic E-state index is 13.7. The van der Waals surface area contributed by atoms with E-state index in [0.717, 1.165) is 50.2 Å². The summed E-state index contributed by atoms with van der Waals surface area (Å²) in [5.74, 6) is -0.00167. The molecule has 0 bridgehead atoms. The Morgan fingerprint density at radius 3 is 2.40 bits per heavy atom. The molecule has 0 saturated carbocycles. The zero-order valence-corrected chi connectivity index (χ0v) is 20.0. The standard InChI is InChI=1S/C27H24FN3O3S/c1-18-24-16-25-20(17-29-31(25)35(32,33)23-5-3-2-4-6-23)15-26(24)30(22-9-7-21(28)8-10-22)27(18)19-11-13-34-14-12-19/h2-10,15-17,19H,11-14H2,1H3. The Kier molecular flexibility index (Phi) is 5.23. The Bertz CT molecular complexity index is 1650. The fraction of sp³-hybridized carbons (Fsp3) is 0.222. The van der Waals surface area contributed by atoms with Crippen molar-refractivity contribution in [3.63, 3.8) is 0 Å². The number of aromatic nitrogens is 3. The van der Waals surface area contributed by atoms with Gasteiger partial charge in [0.2, 0.25) is 0 Å². The summed E-state index contributed by atoms with van der Waals surface area (Å²) in [4.78, 5) is 0.189. The maximum absolute atomic E-state index is 13.7. The fourth-order valence-electron chi connectivity index (χ4n) is 5.17. The molecule has 0 atom stereocenters. The van der Waals surface area contributed by atoms with Crippen LogP contribution in [0, 0.1) is 12.7 Å². The van der Waals surface area contributed by atoms with Crippen LogP contribution in [0.5, 0.6) is 0 Å². The van der Waals surface area contributed by atoms with E-state index in [4.69, 9.17) is 4.74 Å². The van der Waals surface area contributed by atoms with Gasteiger partial charge in [0.25, 0.3) is 10.0 Å². The third kappa shape index (κ3) is 3.56. The molecule has 35 heavy (non-hydrogen) atoms. The van der Waals surface area contributed by atoms with Gasteiger partial charge in [0.05, 0.1) is 22.1 Å². The molecule has 8 heteroatoms. The van der Waals surface area contributed by atoms with Gasteiger partial charge in [-0.1, -0.05) is 18.2 Å². The topological polar surface area (TPSA) is 66.1 Å². The highest BCUT2D eigenvalue weighted by Crippen LogP contribution is 2.39. The van der Waals surface area contributed by atoms with Gasteiger partial charge in [-0.2, -0.15) is 17.6 Å². The molecule has 1 aliphatic heterocycles. The van der Waals surface area contributed by atoms with Crippen molar-refractivity contribution in [2.45, 2.75) is 30.6 Å². The molecule has 178 valence electrons. The van der Waals surface area contributed by atoms with Crippen LogP contribution in [0.4, 0.5) is 4.39 Å². The van der Waals surface area contributed by atoms with E-state index in [1.807, 2.05) is 12.1 Å². The summed E-state index contributed by atoms with van der Waals surface area (Å²) in [6, 6.07) is 18.7. The molecular weight excluding hydrogens is 465 g/mol. The smallest absolute Gasteiger partial charge is 0.283 e. The first-order chi connectivity index (χ1) is 16.9. The van der Waals surface area contributed by atoms with E-state index in [1.165, 1.54) is 12.1 Å². The van der Waals surface area contributed by atoms with E-state index >= 15 is 0 Å². The van der Waals surface area contributed by atoms with Crippen LogP contribution in [-0.2, 0) is 14.8 Å². The van der Waals surface area contributed by atoms with Crippen LogP contribution in [-0.4, -0.2) is 35.4 Å². The minimum Gasteiger partial charge on any atom is -0.381 e. The minimum atomic E-state index is -3.84. The Morgan fingerprint density at radius 1 is 0.971 bits per heavy atom. The second-order valence-corrected chi connectivity index (χ2v) is 10.7. The molecule has 1 aliphatic rings. The number of fused-ring (bicyclic) bond motifs is 2. The zero-order valence-electron chi connectivity index (χ0n) is 19.2. The predicted octanol–water partition coefficient (Wildman–Crippen LogP) is 5.56. The third-order valence-electron chi connectivity index (χ3n) is 6.88. The van der Waals surface area contributed by atoms with Crippen molar-refractivity contribution in [3.05, 3.63) is 90.0 Å². The van der Waals surface area contributed by atoms with Gasteiger partial charge in [-0.15, -0.1) is 0 Å². The van der Waals surface area contributed by atoms with Gasteiger partial charge < -0.3 is 9.30 Å². The molecule has 2 aromatic heterocycles. The van der Waals surface area contributed by atoms with Crippen molar-refractivity contribution in [2.75, 3.05) is 13.2 Å². The van der Waals surface area contributed by atoms with Crippen molar-refractivity contribution in [3.8, 4) is 5.69 Å². The van der Waals surface area contributed by atoms with Gasteiger partial charge >= 0.3 is 0 Å². The summed E-state index contributed by atoms with van der Waals surface area (Å²) in [6.45, 7) is 3.47. The van der Waals surface area contributed by atoms with Crippen LogP contribution in [0.1, 0.15) is 30.0 Å². The maximum Gasteiger partial charge on any atom is 0.283 e. The van der Waals surface area contributed by atoms with E-state index in [1.54, 1.807) is 48.7 Å². The Labute approximate surface area is 202 Å². The molecule has 0 radical (unpaired) electrons. The lowest BCUT2D eigenvalue weighted by Gasteiger charge is -2.25. The molecule has 0 spiro atoms. The molecular formula is C27H24FN3O3S. The number of nitrogens with zero attached hydrogens (tertiary/aromatic N) is 3. The Balaban J connectivity index is 1.62. The largest absolute Gasteiger partial charge is 0.381 e. The van der Waals surface area contributed by atoms with Crippen LogP contribution < -0.4 is 0 Å². The number of ether oxygens (including phenoxy) is 1. The molecule has 0 aliphatic carbocycles. The molecule has 0 amide bonds. The lowest BCUT2D eigenvalue weighted by atomic mass is 9.93. The molecule has 0 unspecified atom stereocenters. The highest BCUT2D eigenvalue weighted by molar-refractivity contribution is 7.90. The molecule has 5 aromatic rings. The fourth-order valence-corrected chi connectivity index (χ4v) is 6.46. The SMILES string of the molecule is Cc1c(C2CCOCC2)n(-c2ccc(F)cc2)c2cc3cnn(S(=O)(=O)c4ccccc4)c3cc12. The van der Waals surface area contributed by atoms with Gasteiger partial charge in [-0.3, -0.25) is 0 Å². The van der Waals surface area contributed by atoms with E-state index in [2.05, 4.69) is 16.6 Å². The quantitative estimate of drug-likeness (QED) is 0.332. The number of hydrogen-bond acceptors (Lipinski definition) is 4. The summed E-state index contributed by atoms with van der Waals surface area (Å²) < 4.78 is 49.3. The lowest BCUT2D eigenvalue weighted by molar-refractivity contribution is 0.0841. The van der Waals surface area contributed by atoms with Crippen molar-refractivity contribution in [1.29, 1.82) is 0 Å². The first kappa shape index (κ1) is 22.0. The second kappa shape index (κ2) is 8.32. The summed E-state index contributed by atoms with van der Waals surface area (Å²) in [5, 5.41) is 5.93. The van der Waals surface area contributed by atoms with Gasteiger partial charge in [-0.25, -0.2) is 4.39 Å². The van der Waals surface area contributed by atoms with Crippen molar-refractivity contribution < 1.29 is 17.5 Å². The normalized spacial score (nSPS) is 15.3. The molecule has 0 N–H and O–H groups in total. The summed E-state index contributed by atoms with van der Waals surface area (Å²) in [5.41, 5.74) is 4.59. The average molecular weight is 490 g/mol. The first-order valence-corrected chi connectivity index (χ1v) is 13.1. The molecule has 3 aromatic carbocycles. The number of hydrogen-bond donors (Lipinski definition) is 0. The number of aryl methyl sites for hydroxylation is 1. The van der Waals surface area contributed by atoms with Gasteiger partial charge in [0.15, 0.2) is 0 Å². The second-order valence-electron chi connectivity index (χ2n) is 8.94. The Morgan fingerprint density at radius 2 is 1.69 bits per heavy atom. The zero-order chi connectivity index (χ0) is 24.2. The molecule has 1 fully saturated rings. The van der Waals surface area contributed by atoms with E-state index < -0.39 is 10.0 Å². The molecule has 6 nitrogen and oxygen atoms in total. The van der Waals surface area contributed by atoms with Crippen LogP contribution in [0.15, 0.2) is 77.8 Å². The van der Waals surface area contributed by atoms with Gasteiger partial charge in [0.1, 0.15) is 5.82 Å². The van der Waals surface area contributed by atoms with Crippen LogP contribution in [0.25, 0.3) is 27.5 Å². The van der Waals surface area contributed by atoms with Crippen molar-refractivity contribution in [2.24, 2.45) is 0 Å². The minimum absolute atomic E-state index is 0.189. The summed E-state index contributed by atoms with van der Waals surface area (Å²) in [6.07, 6.45) is 3.38. The van der Waals surface area contributed by atoms with Gasteiger partial charge in [-0.05, 0) is 73.9 Å². The van der Waals surface area contributed by atoms with Gasteiger partial charge in [0, 0.05) is 41.3 Å². The number of rotatable bonds is 4. The Hall–Kier alpha value is -3.49. The third-order valence-corrected chi connectivity index (χ3v) is 8.50. The van der Waals surface area contributed by atoms with E-state index in [9.17, 15) is 12.8 Å². The molecule has 1 saturated heterocycles. The number of halogens is 1. The van der Waals surface area contributed by atoms with Crippen LogP contribution in [0.2, 0.25) is 0 Å². The number of benzene rings is 3. The predicted molar refractivity (Wildman–Crippen MR) is 133 cm³/mol. The van der Waals surface area contributed by atoms with Crippen LogP contribution >= 0.6 is 0 Å². The van der Waals surface area contributed by atoms with E-state index in [0.29, 0.717) is 18.7 Å².